The Morgan fingerprint density at radius 1 is 1.00 bits per heavy atom. The molecule has 2 bridgehead atoms. The van der Waals surface area contributed by atoms with Crippen molar-refractivity contribution < 1.29 is 0 Å². The quantitative estimate of drug-likeness (QED) is 0.690. The highest BCUT2D eigenvalue weighted by atomic mass is 14.9. The van der Waals surface area contributed by atoms with Crippen molar-refractivity contribution in [2.24, 2.45) is 0 Å². The number of hydrogen-bond donors (Lipinski definition) is 2. The summed E-state index contributed by atoms with van der Waals surface area (Å²) in [6.45, 7) is 1.03. The highest BCUT2D eigenvalue weighted by Gasteiger charge is 2.33. The molecule has 0 saturated heterocycles. The predicted molar refractivity (Wildman–Crippen MR) is 73.6 cm³/mol. The Bertz CT molecular complexity index is 618. The summed E-state index contributed by atoms with van der Waals surface area (Å²) in [6.07, 6.45) is 1.07. The number of anilines is 1. The Kier molecular flexibility index (Phi) is 2.03. The minimum Gasteiger partial charge on any atom is -0.399 e. The van der Waals surface area contributed by atoms with Crippen LogP contribution in [-0.2, 0) is 6.42 Å². The molecule has 0 amide bonds. The van der Waals surface area contributed by atoms with Gasteiger partial charge in [0.2, 0.25) is 0 Å². The van der Waals surface area contributed by atoms with Gasteiger partial charge in [0.25, 0.3) is 0 Å². The third-order valence-corrected chi connectivity index (χ3v) is 4.28. The summed E-state index contributed by atoms with van der Waals surface area (Å²) in [7, 11) is 0. The minimum absolute atomic E-state index is 0.457. The number of nitrogens with two attached hydrogens (primary N) is 1. The van der Waals surface area contributed by atoms with Gasteiger partial charge >= 0.3 is 0 Å². The van der Waals surface area contributed by atoms with Gasteiger partial charge in [0.05, 0.1) is 0 Å². The van der Waals surface area contributed by atoms with E-state index in [1.54, 1.807) is 0 Å². The van der Waals surface area contributed by atoms with E-state index in [2.05, 4.69) is 41.7 Å². The van der Waals surface area contributed by atoms with Gasteiger partial charge < -0.3 is 11.1 Å². The second-order valence-electron chi connectivity index (χ2n) is 5.30. The third kappa shape index (κ3) is 1.33. The fraction of sp³-hybridized carbons (Fsp3) is 0.250. The van der Waals surface area contributed by atoms with E-state index in [0.29, 0.717) is 12.0 Å². The molecule has 0 saturated carbocycles. The second-order valence-corrected chi connectivity index (χ2v) is 5.30. The Hall–Kier alpha value is -1.80. The van der Waals surface area contributed by atoms with Crippen LogP contribution >= 0.6 is 0 Å². The highest BCUT2D eigenvalue weighted by Crippen LogP contribution is 2.41. The molecule has 2 aromatic carbocycles. The Morgan fingerprint density at radius 3 is 2.72 bits per heavy atom. The van der Waals surface area contributed by atoms with Crippen molar-refractivity contribution in [2.45, 2.75) is 18.4 Å². The monoisotopic (exact) mass is 236 g/mol. The van der Waals surface area contributed by atoms with Crippen LogP contribution in [-0.4, -0.2) is 6.54 Å². The number of hydrogen-bond acceptors (Lipinski definition) is 2. The van der Waals surface area contributed by atoms with Gasteiger partial charge in [-0.25, -0.2) is 0 Å². The van der Waals surface area contributed by atoms with Crippen molar-refractivity contribution in [2.75, 3.05) is 12.3 Å². The molecule has 0 spiro atoms. The number of rotatable bonds is 0. The molecule has 2 atom stereocenters. The van der Waals surface area contributed by atoms with Gasteiger partial charge in [0.15, 0.2) is 0 Å². The zero-order valence-electron chi connectivity index (χ0n) is 10.2. The normalized spacial score (nSPS) is 24.2. The topological polar surface area (TPSA) is 38.0 Å². The molecule has 5 rings (SSSR count). The molecule has 2 heteroatoms. The van der Waals surface area contributed by atoms with Crippen molar-refractivity contribution in [3.63, 3.8) is 0 Å². The smallest absolute Gasteiger partial charge is 0.0364 e. The average molecular weight is 236 g/mol. The maximum Gasteiger partial charge on any atom is 0.0364 e. The largest absolute Gasteiger partial charge is 0.399 e. The molecular weight excluding hydrogens is 220 g/mol. The van der Waals surface area contributed by atoms with Gasteiger partial charge in [-0.3, -0.25) is 0 Å². The Balaban J connectivity index is 1.99. The molecule has 0 unspecified atom stereocenters. The molecule has 0 fully saturated rings. The first-order valence-corrected chi connectivity index (χ1v) is 6.53. The van der Waals surface area contributed by atoms with E-state index in [1.165, 1.54) is 22.3 Å². The Morgan fingerprint density at radius 2 is 1.83 bits per heavy atom. The lowest BCUT2D eigenvalue weighted by Gasteiger charge is -2.29. The molecule has 2 nitrogen and oxygen atoms in total. The van der Waals surface area contributed by atoms with Crippen molar-refractivity contribution in [3.8, 4) is 0 Å². The summed E-state index contributed by atoms with van der Waals surface area (Å²) in [6, 6.07) is 15.7. The van der Waals surface area contributed by atoms with E-state index in [0.717, 1.165) is 18.7 Å². The third-order valence-electron chi connectivity index (χ3n) is 4.28. The lowest BCUT2D eigenvalue weighted by Crippen LogP contribution is -2.31. The summed E-state index contributed by atoms with van der Waals surface area (Å²) in [4.78, 5) is 0. The maximum absolute atomic E-state index is 5.96. The zero-order chi connectivity index (χ0) is 12.1. The summed E-state index contributed by atoms with van der Waals surface area (Å²) >= 11 is 0. The minimum atomic E-state index is 0.457. The number of benzene rings is 2. The standard InChI is InChI=1S/C16H16N2/c17-11-6-5-10-7-16-13-4-2-1-3-12(13)15(9-18-16)14(10)8-11/h1-6,8,15-16,18H,7,9,17H2/t15-,16-/m0/s1. The van der Waals surface area contributed by atoms with Crippen LogP contribution in [0.3, 0.4) is 0 Å². The molecule has 2 aromatic rings. The van der Waals surface area contributed by atoms with E-state index >= 15 is 0 Å². The van der Waals surface area contributed by atoms with Crippen LogP contribution in [0.15, 0.2) is 42.5 Å². The van der Waals surface area contributed by atoms with Crippen LogP contribution in [0.5, 0.6) is 0 Å². The molecule has 3 N–H and O–H groups in total. The van der Waals surface area contributed by atoms with Crippen molar-refractivity contribution >= 4 is 5.69 Å². The molecule has 0 aromatic heterocycles. The van der Waals surface area contributed by atoms with Crippen LogP contribution in [0.2, 0.25) is 0 Å². The summed E-state index contributed by atoms with van der Waals surface area (Å²) in [5, 5.41) is 3.66. The molecule has 2 heterocycles. The average Bonchev–Trinajstić information content (AvgIpc) is 2.65. The van der Waals surface area contributed by atoms with E-state index in [4.69, 9.17) is 5.73 Å². The van der Waals surface area contributed by atoms with E-state index < -0.39 is 0 Å². The lowest BCUT2D eigenvalue weighted by molar-refractivity contribution is 0.500. The van der Waals surface area contributed by atoms with E-state index in [-0.39, 0.29) is 0 Å². The van der Waals surface area contributed by atoms with Crippen molar-refractivity contribution in [3.05, 3.63) is 64.7 Å². The summed E-state index contributed by atoms with van der Waals surface area (Å²) < 4.78 is 0. The maximum atomic E-state index is 5.96. The van der Waals surface area contributed by atoms with Crippen molar-refractivity contribution in [1.29, 1.82) is 0 Å². The van der Waals surface area contributed by atoms with Crippen LogP contribution < -0.4 is 11.1 Å². The molecule has 18 heavy (non-hydrogen) atoms. The predicted octanol–water partition coefficient (Wildman–Crippen LogP) is 2.60. The molecule has 90 valence electrons. The first kappa shape index (κ1) is 10.2. The second kappa shape index (κ2) is 3.59. The van der Waals surface area contributed by atoms with E-state index in [1.807, 2.05) is 6.07 Å². The van der Waals surface area contributed by atoms with Gasteiger partial charge in [0.1, 0.15) is 0 Å². The zero-order valence-corrected chi connectivity index (χ0v) is 10.2. The van der Waals surface area contributed by atoms with Gasteiger partial charge in [-0.2, -0.15) is 0 Å². The molecule has 2 aliphatic heterocycles. The molecule has 0 radical (unpaired) electrons. The summed E-state index contributed by atoms with van der Waals surface area (Å²) in [5.41, 5.74) is 12.6. The fourth-order valence-corrected chi connectivity index (χ4v) is 3.43. The van der Waals surface area contributed by atoms with Gasteiger partial charge in [0, 0.05) is 24.2 Å². The molecule has 1 aliphatic carbocycles. The number of fused-ring (bicyclic) bond motifs is 1. The first-order valence-electron chi connectivity index (χ1n) is 6.53. The van der Waals surface area contributed by atoms with Gasteiger partial charge in [-0.1, -0.05) is 30.3 Å². The van der Waals surface area contributed by atoms with Gasteiger partial charge in [-0.15, -0.1) is 0 Å². The highest BCUT2D eigenvalue weighted by molar-refractivity contribution is 5.54. The summed E-state index contributed by atoms with van der Waals surface area (Å²) in [5.74, 6) is 0.457. The molecule has 3 aliphatic rings. The van der Waals surface area contributed by atoms with Crippen LogP contribution in [0.25, 0.3) is 0 Å². The number of nitrogen functional groups attached to an aromatic ring is 1. The number of nitrogens with one attached hydrogen (secondary N) is 1. The van der Waals surface area contributed by atoms with Gasteiger partial charge in [-0.05, 0) is 40.8 Å². The lowest BCUT2D eigenvalue weighted by atomic mass is 9.85. The first-order chi connectivity index (χ1) is 8.83. The Labute approximate surface area is 107 Å². The SMILES string of the molecule is Nc1ccc2c(c1)[C@H]1CN[C@@H](C2)c2ccccc21. The molecular formula is C16H16N2. The van der Waals surface area contributed by atoms with Crippen LogP contribution in [0, 0.1) is 0 Å². The fourth-order valence-electron chi connectivity index (χ4n) is 3.43. The van der Waals surface area contributed by atoms with Crippen LogP contribution in [0.1, 0.15) is 34.2 Å². The van der Waals surface area contributed by atoms with Crippen molar-refractivity contribution in [1.82, 2.24) is 5.32 Å². The van der Waals surface area contributed by atoms with E-state index in [9.17, 15) is 0 Å². The van der Waals surface area contributed by atoms with Crippen LogP contribution in [0.4, 0.5) is 5.69 Å².